The molecule has 0 amide bonds. The third-order valence-electron chi connectivity index (χ3n) is 3.06. The average molecular weight is 248 g/mol. The maximum Gasteiger partial charge on any atom is 0.123 e. The van der Waals surface area contributed by atoms with Crippen LogP contribution in [-0.2, 0) is 13.5 Å². The van der Waals surface area contributed by atoms with Crippen LogP contribution in [0.2, 0.25) is 0 Å². The van der Waals surface area contributed by atoms with Gasteiger partial charge in [-0.05, 0) is 36.6 Å². The van der Waals surface area contributed by atoms with E-state index in [4.69, 9.17) is 5.84 Å². The topological polar surface area (TPSA) is 55.9 Å². The van der Waals surface area contributed by atoms with Crippen LogP contribution in [0.4, 0.5) is 4.39 Å². The Hall–Kier alpha value is -1.72. The van der Waals surface area contributed by atoms with Crippen LogP contribution in [0.15, 0.2) is 30.6 Å². The molecular formula is C13H17FN4. The summed E-state index contributed by atoms with van der Waals surface area (Å²) in [7, 11) is 1.86. The zero-order valence-electron chi connectivity index (χ0n) is 10.5. The fraction of sp³-hybridized carbons (Fsp3) is 0.308. The highest BCUT2D eigenvalue weighted by molar-refractivity contribution is 5.28. The molecule has 0 saturated heterocycles. The van der Waals surface area contributed by atoms with Gasteiger partial charge in [-0.2, -0.15) is 5.10 Å². The molecule has 0 aliphatic carbocycles. The summed E-state index contributed by atoms with van der Waals surface area (Å²) in [5.41, 5.74) is 5.79. The molecule has 1 heterocycles. The first kappa shape index (κ1) is 12.7. The summed E-state index contributed by atoms with van der Waals surface area (Å²) in [6.07, 6.45) is 4.40. The molecule has 0 aliphatic rings. The van der Waals surface area contributed by atoms with Crippen molar-refractivity contribution in [2.45, 2.75) is 19.4 Å². The molecule has 5 heteroatoms. The van der Waals surface area contributed by atoms with E-state index in [9.17, 15) is 4.39 Å². The fourth-order valence-corrected chi connectivity index (χ4v) is 2.00. The van der Waals surface area contributed by atoms with Gasteiger partial charge in [0, 0.05) is 18.8 Å². The van der Waals surface area contributed by atoms with Gasteiger partial charge in [0.25, 0.3) is 0 Å². The molecule has 2 rings (SSSR count). The minimum absolute atomic E-state index is 0.0251. The van der Waals surface area contributed by atoms with Crippen molar-refractivity contribution in [2.24, 2.45) is 12.9 Å². The van der Waals surface area contributed by atoms with E-state index in [1.165, 1.54) is 12.1 Å². The zero-order valence-corrected chi connectivity index (χ0v) is 10.5. The second-order valence-corrected chi connectivity index (χ2v) is 4.44. The van der Waals surface area contributed by atoms with Crippen molar-refractivity contribution in [2.75, 3.05) is 0 Å². The summed E-state index contributed by atoms with van der Waals surface area (Å²) in [6.45, 7) is 1.90. The predicted octanol–water partition coefficient (Wildman–Crippen LogP) is 1.61. The van der Waals surface area contributed by atoms with E-state index in [-0.39, 0.29) is 11.9 Å². The quantitative estimate of drug-likeness (QED) is 0.638. The number of aromatic nitrogens is 2. The summed E-state index contributed by atoms with van der Waals surface area (Å²) in [4.78, 5) is 0. The summed E-state index contributed by atoms with van der Waals surface area (Å²) < 4.78 is 14.8. The Bertz CT molecular complexity index is 536. The summed E-state index contributed by atoms with van der Waals surface area (Å²) in [6, 6.07) is 4.78. The third-order valence-corrected chi connectivity index (χ3v) is 3.06. The van der Waals surface area contributed by atoms with Gasteiger partial charge in [-0.1, -0.05) is 6.07 Å². The molecule has 1 aromatic carbocycles. The minimum atomic E-state index is -0.213. The number of nitrogens with two attached hydrogens (primary N) is 1. The number of benzene rings is 1. The Labute approximate surface area is 106 Å². The first-order chi connectivity index (χ1) is 8.60. The number of nitrogens with zero attached hydrogens (tertiary/aromatic N) is 2. The standard InChI is InChI=1S/C13H17FN4/c1-9-5-12(14)4-3-10(9)6-13(17-15)11-7-16-18(2)8-11/h3-5,7-8,13,17H,6,15H2,1-2H3. The zero-order chi connectivity index (χ0) is 13.1. The van der Waals surface area contributed by atoms with Gasteiger partial charge in [-0.25, -0.2) is 4.39 Å². The Balaban J connectivity index is 2.20. The molecule has 0 radical (unpaired) electrons. The van der Waals surface area contributed by atoms with Gasteiger partial charge in [-0.15, -0.1) is 0 Å². The van der Waals surface area contributed by atoms with Gasteiger partial charge in [0.05, 0.1) is 12.2 Å². The molecule has 18 heavy (non-hydrogen) atoms. The van der Waals surface area contributed by atoms with E-state index in [0.717, 1.165) is 16.7 Å². The first-order valence-electron chi connectivity index (χ1n) is 5.80. The summed E-state index contributed by atoms with van der Waals surface area (Å²) >= 11 is 0. The lowest BCUT2D eigenvalue weighted by Crippen LogP contribution is -2.29. The normalized spacial score (nSPS) is 12.7. The number of halogens is 1. The van der Waals surface area contributed by atoms with Crippen molar-refractivity contribution >= 4 is 0 Å². The van der Waals surface area contributed by atoms with Gasteiger partial charge >= 0.3 is 0 Å². The van der Waals surface area contributed by atoms with E-state index in [2.05, 4.69) is 10.5 Å². The number of nitrogens with one attached hydrogen (secondary N) is 1. The molecule has 2 aromatic rings. The van der Waals surface area contributed by atoms with Crippen LogP contribution < -0.4 is 11.3 Å². The minimum Gasteiger partial charge on any atom is -0.275 e. The SMILES string of the molecule is Cc1cc(F)ccc1CC(NN)c1cnn(C)c1. The smallest absolute Gasteiger partial charge is 0.123 e. The highest BCUT2D eigenvalue weighted by Gasteiger charge is 2.13. The first-order valence-corrected chi connectivity index (χ1v) is 5.80. The maximum absolute atomic E-state index is 13.0. The molecule has 1 unspecified atom stereocenters. The van der Waals surface area contributed by atoms with E-state index in [1.807, 2.05) is 20.2 Å². The second-order valence-electron chi connectivity index (χ2n) is 4.44. The molecule has 3 N–H and O–H groups in total. The molecule has 0 fully saturated rings. The fourth-order valence-electron chi connectivity index (χ4n) is 2.00. The van der Waals surface area contributed by atoms with E-state index >= 15 is 0 Å². The molecule has 1 aromatic heterocycles. The summed E-state index contributed by atoms with van der Waals surface area (Å²) in [5, 5.41) is 4.12. The van der Waals surface area contributed by atoms with Crippen molar-refractivity contribution in [3.63, 3.8) is 0 Å². The van der Waals surface area contributed by atoms with Crippen molar-refractivity contribution in [3.05, 3.63) is 53.1 Å². The van der Waals surface area contributed by atoms with Crippen molar-refractivity contribution in [1.82, 2.24) is 15.2 Å². The van der Waals surface area contributed by atoms with Gasteiger partial charge in [-0.3, -0.25) is 16.0 Å². The Morgan fingerprint density at radius 3 is 2.83 bits per heavy atom. The molecule has 0 bridgehead atoms. The Morgan fingerprint density at radius 1 is 1.50 bits per heavy atom. The highest BCUT2D eigenvalue weighted by Crippen LogP contribution is 2.20. The van der Waals surface area contributed by atoms with Gasteiger partial charge < -0.3 is 0 Å². The van der Waals surface area contributed by atoms with Gasteiger partial charge in [0.2, 0.25) is 0 Å². The highest BCUT2D eigenvalue weighted by atomic mass is 19.1. The summed E-state index contributed by atoms with van der Waals surface area (Å²) in [5.74, 6) is 5.37. The number of rotatable bonds is 4. The van der Waals surface area contributed by atoms with Crippen LogP contribution in [0.25, 0.3) is 0 Å². The molecule has 96 valence electrons. The van der Waals surface area contributed by atoms with Crippen molar-refractivity contribution in [1.29, 1.82) is 0 Å². The van der Waals surface area contributed by atoms with Crippen LogP contribution >= 0.6 is 0 Å². The van der Waals surface area contributed by atoms with Crippen molar-refractivity contribution < 1.29 is 4.39 Å². The lowest BCUT2D eigenvalue weighted by Gasteiger charge is -2.15. The van der Waals surface area contributed by atoms with Crippen LogP contribution in [-0.4, -0.2) is 9.78 Å². The van der Waals surface area contributed by atoms with Crippen LogP contribution in [0.1, 0.15) is 22.7 Å². The predicted molar refractivity (Wildman–Crippen MR) is 68.1 cm³/mol. The Kier molecular flexibility index (Phi) is 3.74. The number of hydrazine groups is 1. The molecule has 0 spiro atoms. The van der Waals surface area contributed by atoms with E-state index in [1.54, 1.807) is 16.9 Å². The van der Waals surface area contributed by atoms with E-state index < -0.39 is 0 Å². The lowest BCUT2D eigenvalue weighted by atomic mass is 9.98. The second kappa shape index (κ2) is 5.29. The lowest BCUT2D eigenvalue weighted by molar-refractivity contribution is 0.549. The molecule has 0 saturated carbocycles. The number of hydrogen-bond acceptors (Lipinski definition) is 3. The van der Waals surface area contributed by atoms with E-state index in [0.29, 0.717) is 6.42 Å². The number of hydrogen-bond donors (Lipinski definition) is 2. The maximum atomic E-state index is 13.0. The van der Waals surface area contributed by atoms with Crippen molar-refractivity contribution in [3.8, 4) is 0 Å². The van der Waals surface area contributed by atoms with Crippen LogP contribution in [0, 0.1) is 12.7 Å². The van der Waals surface area contributed by atoms with Crippen LogP contribution in [0.3, 0.4) is 0 Å². The Morgan fingerprint density at radius 2 is 2.28 bits per heavy atom. The largest absolute Gasteiger partial charge is 0.275 e. The molecule has 4 nitrogen and oxygen atoms in total. The third kappa shape index (κ3) is 2.75. The molecular weight excluding hydrogens is 231 g/mol. The van der Waals surface area contributed by atoms with Crippen LogP contribution in [0.5, 0.6) is 0 Å². The van der Waals surface area contributed by atoms with Gasteiger partial charge in [0.1, 0.15) is 5.82 Å². The van der Waals surface area contributed by atoms with Gasteiger partial charge in [0.15, 0.2) is 0 Å². The number of aryl methyl sites for hydroxylation is 2. The molecule has 1 atom stereocenters. The molecule has 0 aliphatic heterocycles. The average Bonchev–Trinajstić information content (AvgIpc) is 2.75. The monoisotopic (exact) mass is 248 g/mol.